The van der Waals surface area contributed by atoms with Crippen LogP contribution in [-0.4, -0.2) is 21.1 Å². The number of benzene rings is 1. The van der Waals surface area contributed by atoms with Crippen LogP contribution < -0.4 is 10.5 Å². The van der Waals surface area contributed by atoms with Gasteiger partial charge in [0.05, 0.1) is 11.6 Å². The van der Waals surface area contributed by atoms with Gasteiger partial charge in [0.15, 0.2) is 0 Å². The third kappa shape index (κ3) is 3.88. The lowest BCUT2D eigenvalue weighted by Crippen LogP contribution is -2.16. The van der Waals surface area contributed by atoms with Crippen LogP contribution in [0.3, 0.4) is 0 Å². The minimum atomic E-state index is -3.93. The maximum absolute atomic E-state index is 11.2. The minimum Gasteiger partial charge on any atom is -0.450 e. The fourth-order valence-electron chi connectivity index (χ4n) is 1.08. The normalized spacial score (nSPS) is 11.0. The molecule has 6 nitrogen and oxygen atoms in total. The summed E-state index contributed by atoms with van der Waals surface area (Å²) in [5.74, 6) is 0. The molecule has 0 aromatic heterocycles. The number of hydrogen-bond acceptors (Lipinski definition) is 4. The van der Waals surface area contributed by atoms with E-state index >= 15 is 0 Å². The average Bonchev–Trinajstić information content (AvgIpc) is 2.19. The molecule has 0 saturated heterocycles. The molecule has 0 saturated carbocycles. The van der Waals surface area contributed by atoms with Gasteiger partial charge in [-0.1, -0.05) is 11.6 Å². The van der Waals surface area contributed by atoms with Crippen LogP contribution in [0.25, 0.3) is 0 Å². The molecule has 94 valence electrons. The highest BCUT2D eigenvalue weighted by Gasteiger charge is 2.14. The molecule has 8 heteroatoms. The molecule has 0 bridgehead atoms. The monoisotopic (exact) mass is 278 g/mol. The fourth-order valence-corrected chi connectivity index (χ4v) is 2.16. The van der Waals surface area contributed by atoms with Crippen molar-refractivity contribution in [3.8, 4) is 0 Å². The van der Waals surface area contributed by atoms with Crippen LogP contribution in [0, 0.1) is 0 Å². The molecule has 0 heterocycles. The Hall–Kier alpha value is -1.31. The van der Waals surface area contributed by atoms with Crippen molar-refractivity contribution in [3.63, 3.8) is 0 Å². The van der Waals surface area contributed by atoms with E-state index in [-0.39, 0.29) is 22.2 Å². The van der Waals surface area contributed by atoms with Crippen molar-refractivity contribution in [2.45, 2.75) is 11.8 Å². The fraction of sp³-hybridized carbons (Fsp3) is 0.222. The van der Waals surface area contributed by atoms with Gasteiger partial charge < -0.3 is 4.74 Å². The summed E-state index contributed by atoms with van der Waals surface area (Å²) >= 11 is 5.68. The quantitative estimate of drug-likeness (QED) is 0.876. The zero-order valence-electron chi connectivity index (χ0n) is 8.94. The van der Waals surface area contributed by atoms with E-state index in [9.17, 15) is 13.2 Å². The number of carbonyl (C=O) groups is 1. The standard InChI is InChI=1S/C9H11ClN2O4S/c1-2-16-9(13)12-6-3-4-7(10)8(5-6)17(11,14)15/h3-5H,2H2,1H3,(H,12,13)(H2,11,14,15). The number of amides is 1. The van der Waals surface area contributed by atoms with Crippen LogP contribution in [0.2, 0.25) is 5.02 Å². The maximum Gasteiger partial charge on any atom is 0.411 e. The smallest absolute Gasteiger partial charge is 0.411 e. The number of nitrogens with two attached hydrogens (primary N) is 1. The van der Waals surface area contributed by atoms with Crippen molar-refractivity contribution < 1.29 is 17.9 Å². The van der Waals surface area contributed by atoms with E-state index in [0.29, 0.717) is 0 Å². The summed E-state index contributed by atoms with van der Waals surface area (Å²) in [6.07, 6.45) is -0.685. The van der Waals surface area contributed by atoms with Gasteiger partial charge in [0.1, 0.15) is 4.90 Å². The van der Waals surface area contributed by atoms with Crippen molar-refractivity contribution in [1.82, 2.24) is 0 Å². The molecular weight excluding hydrogens is 268 g/mol. The van der Waals surface area contributed by atoms with E-state index in [1.54, 1.807) is 6.92 Å². The number of ether oxygens (including phenoxy) is 1. The van der Waals surface area contributed by atoms with Crippen molar-refractivity contribution in [2.75, 3.05) is 11.9 Å². The number of rotatable bonds is 3. The van der Waals surface area contributed by atoms with Crippen molar-refractivity contribution in [1.29, 1.82) is 0 Å². The molecule has 1 aromatic rings. The predicted octanol–water partition coefficient (Wildman–Crippen LogP) is 1.56. The SMILES string of the molecule is CCOC(=O)Nc1ccc(Cl)c(S(N)(=O)=O)c1. The second-order valence-electron chi connectivity index (χ2n) is 3.04. The number of carbonyl (C=O) groups excluding carboxylic acids is 1. The Bertz CT molecular complexity index is 530. The molecule has 1 amide bonds. The highest BCUT2D eigenvalue weighted by Crippen LogP contribution is 2.23. The lowest BCUT2D eigenvalue weighted by Gasteiger charge is -2.07. The number of primary sulfonamides is 1. The summed E-state index contributed by atoms with van der Waals surface area (Å²) in [4.78, 5) is 10.9. The Balaban J connectivity index is 3.02. The number of nitrogens with one attached hydrogen (secondary N) is 1. The minimum absolute atomic E-state index is 0.0121. The molecule has 1 aromatic carbocycles. The Labute approximate surface area is 104 Å². The first-order chi connectivity index (χ1) is 7.84. The maximum atomic E-state index is 11.2. The molecule has 17 heavy (non-hydrogen) atoms. The summed E-state index contributed by atoms with van der Waals surface area (Å²) in [5.41, 5.74) is 0.233. The van der Waals surface area contributed by atoms with Crippen molar-refractivity contribution in [2.24, 2.45) is 5.14 Å². The molecule has 0 aliphatic carbocycles. The van der Waals surface area contributed by atoms with E-state index in [2.05, 4.69) is 10.1 Å². The molecule has 0 aliphatic heterocycles. The summed E-state index contributed by atoms with van der Waals surface area (Å²) in [7, 11) is -3.93. The Morgan fingerprint density at radius 3 is 2.71 bits per heavy atom. The van der Waals surface area contributed by atoms with Crippen LogP contribution in [0.1, 0.15) is 6.92 Å². The molecule has 0 spiro atoms. The van der Waals surface area contributed by atoms with Gasteiger partial charge in [-0.25, -0.2) is 18.4 Å². The summed E-state index contributed by atoms with van der Waals surface area (Å²) in [6, 6.07) is 3.92. The second kappa shape index (κ2) is 5.35. The topological polar surface area (TPSA) is 98.5 Å². The lowest BCUT2D eigenvalue weighted by atomic mass is 10.3. The highest BCUT2D eigenvalue weighted by atomic mass is 35.5. The van der Waals surface area contributed by atoms with Gasteiger partial charge in [0.2, 0.25) is 10.0 Å². The zero-order valence-corrected chi connectivity index (χ0v) is 10.5. The van der Waals surface area contributed by atoms with E-state index in [1.165, 1.54) is 12.1 Å². The van der Waals surface area contributed by atoms with Crippen LogP contribution in [0.4, 0.5) is 10.5 Å². The van der Waals surface area contributed by atoms with E-state index in [1.807, 2.05) is 0 Å². The Morgan fingerprint density at radius 2 is 2.18 bits per heavy atom. The second-order valence-corrected chi connectivity index (χ2v) is 4.97. The van der Waals surface area contributed by atoms with Gasteiger partial charge in [0.25, 0.3) is 0 Å². The van der Waals surface area contributed by atoms with Crippen LogP contribution in [0.15, 0.2) is 23.1 Å². The number of anilines is 1. The summed E-state index contributed by atoms with van der Waals surface area (Å²) in [5, 5.41) is 7.29. The first-order valence-corrected chi connectivity index (χ1v) is 6.53. The molecule has 0 fully saturated rings. The molecule has 3 N–H and O–H groups in total. The third-order valence-corrected chi connectivity index (χ3v) is 3.15. The van der Waals surface area contributed by atoms with Gasteiger partial charge in [-0.15, -0.1) is 0 Å². The number of hydrogen-bond donors (Lipinski definition) is 2. The number of halogens is 1. The first kappa shape index (κ1) is 13.8. The van der Waals surface area contributed by atoms with Crippen molar-refractivity contribution in [3.05, 3.63) is 23.2 Å². The largest absolute Gasteiger partial charge is 0.450 e. The van der Waals surface area contributed by atoms with E-state index in [0.717, 1.165) is 6.07 Å². The van der Waals surface area contributed by atoms with Gasteiger partial charge >= 0.3 is 6.09 Å². The van der Waals surface area contributed by atoms with Gasteiger partial charge in [0, 0.05) is 5.69 Å². The predicted molar refractivity (Wildman–Crippen MR) is 63.5 cm³/mol. The van der Waals surface area contributed by atoms with Crippen LogP contribution >= 0.6 is 11.6 Å². The van der Waals surface area contributed by atoms with Gasteiger partial charge in [-0.2, -0.15) is 0 Å². The molecule has 0 atom stereocenters. The summed E-state index contributed by atoms with van der Waals surface area (Å²) < 4.78 is 27.0. The van der Waals surface area contributed by atoms with E-state index < -0.39 is 16.1 Å². The molecular formula is C9H11ClN2O4S. The van der Waals surface area contributed by atoms with Crippen LogP contribution in [0.5, 0.6) is 0 Å². The zero-order chi connectivity index (χ0) is 13.1. The Kier molecular flexibility index (Phi) is 4.33. The summed E-state index contributed by atoms with van der Waals surface area (Å²) in [6.45, 7) is 1.86. The Morgan fingerprint density at radius 1 is 1.53 bits per heavy atom. The number of sulfonamides is 1. The van der Waals surface area contributed by atoms with E-state index in [4.69, 9.17) is 16.7 Å². The highest BCUT2D eigenvalue weighted by molar-refractivity contribution is 7.89. The molecule has 0 radical (unpaired) electrons. The van der Waals surface area contributed by atoms with Crippen molar-refractivity contribution >= 4 is 33.4 Å². The third-order valence-electron chi connectivity index (χ3n) is 1.76. The molecule has 1 rings (SSSR count). The van der Waals surface area contributed by atoms with Gasteiger partial charge in [-0.05, 0) is 25.1 Å². The van der Waals surface area contributed by atoms with Crippen LogP contribution in [-0.2, 0) is 14.8 Å². The lowest BCUT2D eigenvalue weighted by molar-refractivity contribution is 0.168. The van der Waals surface area contributed by atoms with Gasteiger partial charge in [-0.3, -0.25) is 5.32 Å². The molecule has 0 unspecified atom stereocenters. The first-order valence-electron chi connectivity index (χ1n) is 4.60. The molecule has 0 aliphatic rings. The average molecular weight is 279 g/mol.